The summed E-state index contributed by atoms with van der Waals surface area (Å²) < 4.78 is 0. The topological polar surface area (TPSA) is 84.1 Å². The first-order valence-corrected chi connectivity index (χ1v) is 7.63. The van der Waals surface area contributed by atoms with E-state index in [-0.39, 0.29) is 0 Å². The second kappa shape index (κ2) is 5.85. The number of benzene rings is 1. The lowest BCUT2D eigenvalue weighted by atomic mass is 9.94. The Bertz CT molecular complexity index is 621. The molecule has 1 saturated carbocycles. The van der Waals surface area contributed by atoms with Crippen LogP contribution in [0.15, 0.2) is 24.5 Å². The number of hydrogen-bond donors (Lipinski definition) is 3. The van der Waals surface area contributed by atoms with Crippen LogP contribution in [0.5, 0.6) is 0 Å². The molecule has 4 N–H and O–H groups in total. The molecule has 1 aliphatic rings. The fourth-order valence-corrected chi connectivity index (χ4v) is 3.03. The van der Waals surface area contributed by atoms with Gasteiger partial charge in [0.05, 0.1) is 11.1 Å². The van der Waals surface area contributed by atoms with E-state index in [1.54, 1.807) is 0 Å². The molecule has 5 nitrogen and oxygen atoms in total. The first-order chi connectivity index (χ1) is 10.2. The lowest BCUT2D eigenvalue weighted by Gasteiger charge is -2.27. The second-order valence-corrected chi connectivity index (χ2v) is 5.99. The van der Waals surface area contributed by atoms with Gasteiger partial charge in [0.2, 0.25) is 0 Å². The normalized spacial score (nSPS) is 18.3. The van der Waals surface area contributed by atoms with Gasteiger partial charge in [-0.2, -0.15) is 0 Å². The Balaban J connectivity index is 1.78. The zero-order valence-corrected chi connectivity index (χ0v) is 12.2. The molecule has 3 rings (SSSR count). The van der Waals surface area contributed by atoms with Crippen molar-refractivity contribution in [2.45, 2.75) is 44.1 Å². The summed E-state index contributed by atoms with van der Waals surface area (Å²) >= 11 is 0. The maximum atomic E-state index is 10.7. The minimum atomic E-state index is -0.623. The highest BCUT2D eigenvalue weighted by Crippen LogP contribution is 2.28. The van der Waals surface area contributed by atoms with Crippen LogP contribution in [0, 0.1) is 0 Å². The summed E-state index contributed by atoms with van der Waals surface area (Å²) in [5.41, 5.74) is 6.67. The monoisotopic (exact) mass is 286 g/mol. The molecular weight excluding hydrogens is 264 g/mol. The first-order valence-electron chi connectivity index (χ1n) is 7.63. The van der Waals surface area contributed by atoms with Gasteiger partial charge in [0.1, 0.15) is 12.1 Å². The Morgan fingerprint density at radius 3 is 2.67 bits per heavy atom. The summed E-state index contributed by atoms with van der Waals surface area (Å²) in [6, 6.07) is 5.60. The van der Waals surface area contributed by atoms with Gasteiger partial charge < -0.3 is 16.2 Å². The van der Waals surface area contributed by atoms with Crippen LogP contribution in [0.3, 0.4) is 0 Å². The van der Waals surface area contributed by atoms with Gasteiger partial charge in [0, 0.05) is 17.6 Å². The molecule has 1 heterocycles. The van der Waals surface area contributed by atoms with Crippen LogP contribution in [0.1, 0.15) is 38.5 Å². The SMILES string of the molecule is Nc1ccc2c(NCC3(O)CCCCCC3)ncnc2c1. The van der Waals surface area contributed by atoms with E-state index >= 15 is 0 Å². The molecule has 112 valence electrons. The zero-order chi connectivity index (χ0) is 14.7. The maximum absolute atomic E-state index is 10.7. The van der Waals surface area contributed by atoms with Gasteiger partial charge in [-0.05, 0) is 31.0 Å². The number of nitrogen functional groups attached to an aromatic ring is 1. The third-order valence-electron chi connectivity index (χ3n) is 4.28. The number of aliphatic hydroxyl groups is 1. The predicted octanol–water partition coefficient (Wildman–Crippen LogP) is 2.71. The molecule has 0 amide bonds. The number of rotatable bonds is 3. The summed E-state index contributed by atoms with van der Waals surface area (Å²) in [6.45, 7) is 0.531. The Morgan fingerprint density at radius 1 is 1.14 bits per heavy atom. The van der Waals surface area contributed by atoms with E-state index in [9.17, 15) is 5.11 Å². The molecule has 1 aliphatic carbocycles. The number of aromatic nitrogens is 2. The summed E-state index contributed by atoms with van der Waals surface area (Å²) in [6.07, 6.45) is 7.88. The number of nitrogens with one attached hydrogen (secondary N) is 1. The van der Waals surface area contributed by atoms with Gasteiger partial charge in [-0.3, -0.25) is 0 Å². The van der Waals surface area contributed by atoms with E-state index < -0.39 is 5.60 Å². The highest BCUT2D eigenvalue weighted by molar-refractivity contribution is 5.90. The Morgan fingerprint density at radius 2 is 1.90 bits per heavy atom. The third kappa shape index (κ3) is 3.24. The lowest BCUT2D eigenvalue weighted by molar-refractivity contribution is 0.0381. The first kappa shape index (κ1) is 14.1. The molecule has 1 aromatic carbocycles. The maximum Gasteiger partial charge on any atom is 0.137 e. The zero-order valence-electron chi connectivity index (χ0n) is 12.2. The molecule has 0 aliphatic heterocycles. The van der Waals surface area contributed by atoms with Crippen molar-refractivity contribution in [3.05, 3.63) is 24.5 Å². The van der Waals surface area contributed by atoms with Gasteiger partial charge in [-0.1, -0.05) is 25.7 Å². The van der Waals surface area contributed by atoms with Crippen LogP contribution in [0.25, 0.3) is 10.9 Å². The van der Waals surface area contributed by atoms with Crippen LogP contribution >= 0.6 is 0 Å². The van der Waals surface area contributed by atoms with Crippen molar-refractivity contribution >= 4 is 22.4 Å². The predicted molar refractivity (Wildman–Crippen MR) is 85.1 cm³/mol. The van der Waals surface area contributed by atoms with Crippen molar-refractivity contribution in [1.82, 2.24) is 9.97 Å². The second-order valence-electron chi connectivity index (χ2n) is 5.99. The Hall–Kier alpha value is -1.88. The average Bonchev–Trinajstić information content (AvgIpc) is 2.70. The molecule has 21 heavy (non-hydrogen) atoms. The van der Waals surface area contributed by atoms with E-state index in [0.29, 0.717) is 12.2 Å². The van der Waals surface area contributed by atoms with Crippen molar-refractivity contribution in [2.75, 3.05) is 17.6 Å². The number of hydrogen-bond acceptors (Lipinski definition) is 5. The number of anilines is 2. The van der Waals surface area contributed by atoms with Gasteiger partial charge in [-0.15, -0.1) is 0 Å². The number of nitrogens with zero attached hydrogens (tertiary/aromatic N) is 2. The van der Waals surface area contributed by atoms with Crippen LogP contribution < -0.4 is 11.1 Å². The highest BCUT2D eigenvalue weighted by Gasteiger charge is 2.27. The number of nitrogens with two attached hydrogens (primary N) is 1. The standard InChI is InChI=1S/C16H22N4O/c17-12-5-6-13-14(9-12)19-11-20-15(13)18-10-16(21)7-3-1-2-4-8-16/h5-6,9,11,21H,1-4,7-8,10,17H2,(H,18,19,20). The molecular formula is C16H22N4O. The fraction of sp³-hybridized carbons (Fsp3) is 0.500. The van der Waals surface area contributed by atoms with Crippen LogP contribution in [0.2, 0.25) is 0 Å². The highest BCUT2D eigenvalue weighted by atomic mass is 16.3. The summed E-state index contributed by atoms with van der Waals surface area (Å²) in [4.78, 5) is 8.54. The smallest absolute Gasteiger partial charge is 0.137 e. The van der Waals surface area contributed by atoms with Crippen molar-refractivity contribution in [2.24, 2.45) is 0 Å². The minimum Gasteiger partial charge on any atom is -0.399 e. The Labute approximate surface area is 124 Å². The third-order valence-corrected chi connectivity index (χ3v) is 4.28. The summed E-state index contributed by atoms with van der Waals surface area (Å²) in [5, 5.41) is 14.9. The summed E-state index contributed by atoms with van der Waals surface area (Å²) in [7, 11) is 0. The molecule has 5 heteroatoms. The van der Waals surface area contributed by atoms with Crippen LogP contribution in [-0.2, 0) is 0 Å². The van der Waals surface area contributed by atoms with Crippen molar-refractivity contribution in [3.63, 3.8) is 0 Å². The van der Waals surface area contributed by atoms with Gasteiger partial charge >= 0.3 is 0 Å². The molecule has 0 saturated heterocycles. The molecule has 0 radical (unpaired) electrons. The summed E-state index contributed by atoms with van der Waals surface area (Å²) in [5.74, 6) is 0.762. The molecule has 0 unspecified atom stereocenters. The van der Waals surface area contributed by atoms with Crippen LogP contribution in [-0.4, -0.2) is 27.2 Å². The van der Waals surface area contributed by atoms with E-state index in [4.69, 9.17) is 5.73 Å². The quantitative estimate of drug-likeness (QED) is 0.597. The van der Waals surface area contributed by atoms with Crippen molar-refractivity contribution in [1.29, 1.82) is 0 Å². The van der Waals surface area contributed by atoms with E-state index in [1.165, 1.54) is 19.2 Å². The van der Waals surface area contributed by atoms with Crippen molar-refractivity contribution < 1.29 is 5.11 Å². The van der Waals surface area contributed by atoms with E-state index in [1.807, 2.05) is 18.2 Å². The average molecular weight is 286 g/mol. The Kier molecular flexibility index (Phi) is 3.92. The molecule has 2 aromatic rings. The number of fused-ring (bicyclic) bond motifs is 1. The minimum absolute atomic E-state index is 0.531. The van der Waals surface area contributed by atoms with Gasteiger partial charge in [0.15, 0.2) is 0 Å². The lowest BCUT2D eigenvalue weighted by Crippen LogP contribution is -2.36. The van der Waals surface area contributed by atoms with Gasteiger partial charge in [0.25, 0.3) is 0 Å². The van der Waals surface area contributed by atoms with E-state index in [0.717, 1.165) is 42.4 Å². The largest absolute Gasteiger partial charge is 0.399 e. The molecule has 0 bridgehead atoms. The van der Waals surface area contributed by atoms with Gasteiger partial charge in [-0.25, -0.2) is 9.97 Å². The van der Waals surface area contributed by atoms with E-state index in [2.05, 4.69) is 15.3 Å². The molecule has 0 spiro atoms. The van der Waals surface area contributed by atoms with Crippen molar-refractivity contribution in [3.8, 4) is 0 Å². The molecule has 1 fully saturated rings. The molecule has 0 atom stereocenters. The fourth-order valence-electron chi connectivity index (χ4n) is 3.03. The van der Waals surface area contributed by atoms with Crippen LogP contribution in [0.4, 0.5) is 11.5 Å². The molecule has 1 aromatic heterocycles.